The molecule has 3 N–H and O–H groups in total. The lowest BCUT2D eigenvalue weighted by molar-refractivity contribution is 0.0933. The minimum atomic E-state index is -3.77. The molecule has 1 aliphatic rings. The number of hydrogen-bond acceptors (Lipinski definition) is 4. The maximum atomic E-state index is 13.0. The van der Waals surface area contributed by atoms with Crippen molar-refractivity contribution >= 4 is 34.0 Å². The first-order chi connectivity index (χ1) is 12.8. The third kappa shape index (κ3) is 4.84. The molecule has 0 aromatic heterocycles. The number of nitrogens with two attached hydrogens (primary N) is 1. The second kappa shape index (κ2) is 8.94. The van der Waals surface area contributed by atoms with Crippen LogP contribution in [-0.4, -0.2) is 34.0 Å². The van der Waals surface area contributed by atoms with E-state index in [1.165, 1.54) is 23.5 Å². The Bertz CT molecular complexity index is 928. The molecule has 1 amide bonds. The predicted octanol–water partition coefficient (Wildman–Crippen LogP) is 2.71. The number of carbonyl (C=O) groups excluding carboxylic acids is 1. The number of sulfonamides is 1. The third-order valence-corrected chi connectivity index (χ3v) is 6.70. The highest BCUT2D eigenvalue weighted by Gasteiger charge is 2.31. The topological polar surface area (TPSA) is 92.5 Å². The van der Waals surface area contributed by atoms with Gasteiger partial charge in [0.1, 0.15) is 0 Å². The zero-order chi connectivity index (χ0) is 19.6. The Balaban J connectivity index is 0.00000280. The summed E-state index contributed by atoms with van der Waals surface area (Å²) in [4.78, 5) is 12.6. The van der Waals surface area contributed by atoms with Crippen molar-refractivity contribution in [3.8, 4) is 0 Å². The van der Waals surface area contributed by atoms with E-state index in [-0.39, 0.29) is 29.3 Å². The number of nitrogens with one attached hydrogen (secondary N) is 1. The lowest BCUT2D eigenvalue weighted by atomic mass is 10.1. The van der Waals surface area contributed by atoms with Crippen molar-refractivity contribution in [3.63, 3.8) is 0 Å². The van der Waals surface area contributed by atoms with E-state index in [0.717, 1.165) is 18.4 Å². The van der Waals surface area contributed by atoms with Gasteiger partial charge in [0.2, 0.25) is 0 Å². The molecule has 1 saturated carbocycles. The van der Waals surface area contributed by atoms with Crippen LogP contribution in [-0.2, 0) is 10.0 Å². The van der Waals surface area contributed by atoms with Crippen LogP contribution in [0.1, 0.15) is 28.8 Å². The van der Waals surface area contributed by atoms with Gasteiger partial charge in [0.25, 0.3) is 15.9 Å². The quantitative estimate of drug-likeness (QED) is 0.716. The fourth-order valence-electron chi connectivity index (χ4n) is 2.97. The maximum absolute atomic E-state index is 13.0. The largest absolute Gasteiger partial charge is 0.348 e. The van der Waals surface area contributed by atoms with Gasteiger partial charge in [-0.15, -0.1) is 12.4 Å². The Morgan fingerprint density at radius 1 is 1.21 bits per heavy atom. The van der Waals surface area contributed by atoms with Crippen LogP contribution in [0.3, 0.4) is 0 Å². The summed E-state index contributed by atoms with van der Waals surface area (Å²) >= 11 is 0. The minimum Gasteiger partial charge on any atom is -0.348 e. The van der Waals surface area contributed by atoms with Gasteiger partial charge in [0.15, 0.2) is 0 Å². The lowest BCUT2D eigenvalue weighted by Crippen LogP contribution is -2.41. The number of benzene rings is 2. The fraction of sp³-hybridized carbons (Fsp3) is 0.350. The molecule has 28 heavy (non-hydrogen) atoms. The van der Waals surface area contributed by atoms with Crippen LogP contribution in [0.4, 0.5) is 5.69 Å². The maximum Gasteiger partial charge on any atom is 0.264 e. The molecule has 0 aliphatic heterocycles. The zero-order valence-electron chi connectivity index (χ0n) is 16.0. The van der Waals surface area contributed by atoms with E-state index in [9.17, 15) is 13.2 Å². The summed E-state index contributed by atoms with van der Waals surface area (Å²) in [6, 6.07) is 13.3. The molecule has 1 fully saturated rings. The first kappa shape index (κ1) is 22.2. The molecule has 1 unspecified atom stereocenters. The Kier molecular flexibility index (Phi) is 7.09. The smallest absolute Gasteiger partial charge is 0.264 e. The fourth-order valence-corrected chi connectivity index (χ4v) is 4.21. The molecule has 0 bridgehead atoms. The van der Waals surface area contributed by atoms with Crippen LogP contribution in [0.2, 0.25) is 0 Å². The van der Waals surface area contributed by atoms with Crippen molar-refractivity contribution in [2.75, 3.05) is 17.9 Å². The van der Waals surface area contributed by atoms with Crippen LogP contribution >= 0.6 is 12.4 Å². The van der Waals surface area contributed by atoms with Crippen molar-refractivity contribution in [2.24, 2.45) is 11.7 Å². The summed E-state index contributed by atoms with van der Waals surface area (Å²) < 4.78 is 27.1. The number of amides is 1. The normalized spacial score (nSPS) is 14.7. The zero-order valence-corrected chi connectivity index (χ0v) is 17.6. The van der Waals surface area contributed by atoms with Crippen LogP contribution in [0.15, 0.2) is 53.4 Å². The van der Waals surface area contributed by atoms with Crippen molar-refractivity contribution in [2.45, 2.75) is 30.7 Å². The Morgan fingerprint density at radius 2 is 1.86 bits per heavy atom. The van der Waals surface area contributed by atoms with Crippen LogP contribution in [0.25, 0.3) is 0 Å². The number of hydrogen-bond donors (Lipinski definition) is 2. The molecule has 0 heterocycles. The standard InChI is InChI=1S/C20H25N3O3S.ClH/c1-14-6-10-17(11-7-14)23(2)27(25,26)18-5-3-4-16(12-18)20(24)22-19(13-21)15-8-9-15;/h3-7,10-12,15,19H,8-9,13,21H2,1-2H3,(H,22,24);1H. The summed E-state index contributed by atoms with van der Waals surface area (Å²) in [6.45, 7) is 2.32. The molecule has 0 saturated heterocycles. The summed E-state index contributed by atoms with van der Waals surface area (Å²) in [6.07, 6.45) is 2.13. The number of halogens is 1. The first-order valence-electron chi connectivity index (χ1n) is 8.99. The Labute approximate surface area is 172 Å². The third-order valence-electron chi connectivity index (χ3n) is 4.91. The molecule has 2 aromatic carbocycles. The molecule has 1 atom stereocenters. The average Bonchev–Trinajstić information content (AvgIpc) is 3.51. The van der Waals surface area contributed by atoms with Crippen LogP contribution < -0.4 is 15.4 Å². The van der Waals surface area contributed by atoms with Gasteiger partial charge in [-0.3, -0.25) is 9.10 Å². The minimum absolute atomic E-state index is 0. The lowest BCUT2D eigenvalue weighted by Gasteiger charge is -2.20. The predicted molar refractivity (Wildman–Crippen MR) is 113 cm³/mol. The van der Waals surface area contributed by atoms with Crippen molar-refractivity contribution < 1.29 is 13.2 Å². The van der Waals surface area contributed by atoms with Crippen molar-refractivity contribution in [1.82, 2.24) is 5.32 Å². The summed E-state index contributed by atoms with van der Waals surface area (Å²) in [5, 5.41) is 2.92. The molecular weight excluding hydrogens is 398 g/mol. The molecule has 8 heteroatoms. The monoisotopic (exact) mass is 423 g/mol. The molecule has 1 aliphatic carbocycles. The van der Waals surface area contributed by atoms with Gasteiger partial charge in [0.05, 0.1) is 10.6 Å². The summed E-state index contributed by atoms with van der Waals surface area (Å²) in [7, 11) is -2.27. The molecule has 3 rings (SSSR count). The summed E-state index contributed by atoms with van der Waals surface area (Å²) in [5.41, 5.74) is 7.66. The van der Waals surface area contributed by atoms with E-state index in [1.807, 2.05) is 19.1 Å². The number of aryl methyl sites for hydroxylation is 1. The molecule has 2 aromatic rings. The highest BCUT2D eigenvalue weighted by Crippen LogP contribution is 2.32. The second-order valence-corrected chi connectivity index (χ2v) is 8.96. The van der Waals surface area contributed by atoms with Gasteiger partial charge in [-0.1, -0.05) is 23.8 Å². The van der Waals surface area contributed by atoms with E-state index in [1.54, 1.807) is 24.3 Å². The van der Waals surface area contributed by atoms with Gasteiger partial charge < -0.3 is 11.1 Å². The van der Waals surface area contributed by atoms with E-state index < -0.39 is 10.0 Å². The van der Waals surface area contributed by atoms with Gasteiger partial charge in [-0.05, 0) is 56.0 Å². The van der Waals surface area contributed by atoms with E-state index in [4.69, 9.17) is 5.73 Å². The Hall–Kier alpha value is -2.09. The SMILES string of the molecule is Cc1ccc(N(C)S(=O)(=O)c2cccc(C(=O)NC(CN)C3CC3)c2)cc1.Cl. The van der Waals surface area contributed by atoms with Gasteiger partial charge in [0, 0.05) is 25.2 Å². The average molecular weight is 424 g/mol. The van der Waals surface area contributed by atoms with E-state index >= 15 is 0 Å². The first-order valence-corrected chi connectivity index (χ1v) is 10.4. The van der Waals surface area contributed by atoms with Crippen molar-refractivity contribution in [3.05, 3.63) is 59.7 Å². The Morgan fingerprint density at radius 3 is 2.43 bits per heavy atom. The molecular formula is C20H26ClN3O3S. The molecule has 0 radical (unpaired) electrons. The number of rotatable bonds is 7. The summed E-state index contributed by atoms with van der Waals surface area (Å²) in [5.74, 6) is 0.130. The number of nitrogens with zero attached hydrogens (tertiary/aromatic N) is 1. The van der Waals surface area contributed by atoms with E-state index in [2.05, 4.69) is 5.32 Å². The van der Waals surface area contributed by atoms with Gasteiger partial charge in [-0.2, -0.15) is 0 Å². The van der Waals surface area contributed by atoms with E-state index in [0.29, 0.717) is 23.7 Å². The highest BCUT2D eigenvalue weighted by atomic mass is 35.5. The molecule has 0 spiro atoms. The van der Waals surface area contributed by atoms with Gasteiger partial charge >= 0.3 is 0 Å². The number of anilines is 1. The second-order valence-electron chi connectivity index (χ2n) is 6.99. The number of carbonyl (C=O) groups is 1. The molecule has 6 nitrogen and oxygen atoms in total. The van der Waals surface area contributed by atoms with Crippen LogP contribution in [0, 0.1) is 12.8 Å². The van der Waals surface area contributed by atoms with Gasteiger partial charge in [-0.25, -0.2) is 8.42 Å². The van der Waals surface area contributed by atoms with Crippen molar-refractivity contribution in [1.29, 1.82) is 0 Å². The molecule has 152 valence electrons. The highest BCUT2D eigenvalue weighted by molar-refractivity contribution is 7.92. The van der Waals surface area contributed by atoms with Crippen LogP contribution in [0.5, 0.6) is 0 Å².